The summed E-state index contributed by atoms with van der Waals surface area (Å²) in [5.41, 5.74) is -0.0504. The summed E-state index contributed by atoms with van der Waals surface area (Å²) in [5.74, 6) is 0. The summed E-state index contributed by atoms with van der Waals surface area (Å²) in [6.45, 7) is 6.75. The van der Waals surface area contributed by atoms with E-state index in [1.807, 2.05) is 0 Å². The van der Waals surface area contributed by atoms with Gasteiger partial charge in [-0.05, 0) is 40.4 Å². The normalized spacial score (nSPS) is 28.8. The Morgan fingerprint density at radius 2 is 1.94 bits per heavy atom. The van der Waals surface area contributed by atoms with Gasteiger partial charge in [-0.2, -0.15) is 0 Å². The lowest BCUT2D eigenvalue weighted by atomic mass is 9.97. The van der Waals surface area contributed by atoms with E-state index in [1.165, 1.54) is 6.42 Å². The van der Waals surface area contributed by atoms with Crippen LogP contribution in [-0.4, -0.2) is 73.4 Å². The molecule has 1 rings (SSSR count). The second-order valence-corrected chi connectivity index (χ2v) is 6.42. The summed E-state index contributed by atoms with van der Waals surface area (Å²) in [6, 6.07) is 1.03. The van der Waals surface area contributed by atoms with Gasteiger partial charge in [-0.25, -0.2) is 0 Å². The van der Waals surface area contributed by atoms with Gasteiger partial charge in [0.05, 0.1) is 6.61 Å². The molecule has 108 valence electrons. The molecule has 18 heavy (non-hydrogen) atoms. The molecule has 0 saturated heterocycles. The SMILES string of the molecule is CC(C)NC1(CO)CCC(N(C)CCN(C)C)C1. The summed E-state index contributed by atoms with van der Waals surface area (Å²) in [4.78, 5) is 4.66. The summed E-state index contributed by atoms with van der Waals surface area (Å²) >= 11 is 0. The summed E-state index contributed by atoms with van der Waals surface area (Å²) < 4.78 is 0. The Morgan fingerprint density at radius 1 is 1.28 bits per heavy atom. The zero-order valence-corrected chi connectivity index (χ0v) is 12.7. The number of aliphatic hydroxyl groups is 1. The summed E-state index contributed by atoms with van der Waals surface area (Å²) in [7, 11) is 6.43. The van der Waals surface area contributed by atoms with Crippen LogP contribution in [0.3, 0.4) is 0 Å². The number of hydrogen-bond donors (Lipinski definition) is 2. The van der Waals surface area contributed by atoms with Gasteiger partial charge in [-0.3, -0.25) is 0 Å². The number of rotatable bonds is 7. The van der Waals surface area contributed by atoms with Crippen LogP contribution < -0.4 is 5.32 Å². The zero-order chi connectivity index (χ0) is 13.8. The lowest BCUT2D eigenvalue weighted by molar-refractivity contribution is 0.140. The van der Waals surface area contributed by atoms with E-state index in [0.29, 0.717) is 12.1 Å². The second-order valence-electron chi connectivity index (χ2n) is 6.42. The van der Waals surface area contributed by atoms with E-state index in [4.69, 9.17) is 0 Å². The molecule has 1 saturated carbocycles. The average Bonchev–Trinajstić information content (AvgIpc) is 2.70. The van der Waals surface area contributed by atoms with E-state index < -0.39 is 0 Å². The van der Waals surface area contributed by atoms with Gasteiger partial charge in [-0.1, -0.05) is 13.8 Å². The van der Waals surface area contributed by atoms with Crippen LogP contribution in [-0.2, 0) is 0 Å². The van der Waals surface area contributed by atoms with Crippen molar-refractivity contribution in [3.05, 3.63) is 0 Å². The maximum absolute atomic E-state index is 9.69. The quantitative estimate of drug-likeness (QED) is 0.706. The third kappa shape index (κ3) is 4.50. The molecule has 1 aliphatic carbocycles. The highest BCUT2D eigenvalue weighted by molar-refractivity contribution is 4.99. The van der Waals surface area contributed by atoms with Gasteiger partial charge in [0.25, 0.3) is 0 Å². The average molecular weight is 257 g/mol. The Bertz CT molecular complexity index is 245. The summed E-state index contributed by atoms with van der Waals surface area (Å²) in [6.07, 6.45) is 3.33. The van der Waals surface area contributed by atoms with Crippen LogP contribution in [0.15, 0.2) is 0 Å². The Kier molecular flexibility index (Phi) is 6.05. The van der Waals surface area contributed by atoms with Crippen molar-refractivity contribution < 1.29 is 5.11 Å². The van der Waals surface area contributed by atoms with Gasteiger partial charge in [-0.15, -0.1) is 0 Å². The second kappa shape index (κ2) is 6.85. The molecule has 0 spiro atoms. The maximum atomic E-state index is 9.69. The van der Waals surface area contributed by atoms with E-state index in [1.54, 1.807) is 0 Å². The van der Waals surface area contributed by atoms with E-state index in [0.717, 1.165) is 25.9 Å². The van der Waals surface area contributed by atoms with Crippen molar-refractivity contribution in [3.8, 4) is 0 Å². The van der Waals surface area contributed by atoms with E-state index in [2.05, 4.69) is 50.1 Å². The van der Waals surface area contributed by atoms with Gasteiger partial charge in [0, 0.05) is 30.7 Å². The standard InChI is InChI=1S/C14H31N3O/c1-12(2)15-14(11-18)7-6-13(10-14)17(5)9-8-16(3)4/h12-13,15,18H,6-11H2,1-5H3. The van der Waals surface area contributed by atoms with Crippen LogP contribution in [0, 0.1) is 0 Å². The van der Waals surface area contributed by atoms with Crippen LogP contribution in [0.1, 0.15) is 33.1 Å². The number of aliphatic hydroxyl groups excluding tert-OH is 1. The lowest BCUT2D eigenvalue weighted by Crippen LogP contribution is -2.50. The fourth-order valence-corrected chi connectivity index (χ4v) is 2.95. The van der Waals surface area contributed by atoms with Crippen molar-refractivity contribution in [1.82, 2.24) is 15.1 Å². The molecule has 4 nitrogen and oxygen atoms in total. The van der Waals surface area contributed by atoms with Crippen LogP contribution in [0.5, 0.6) is 0 Å². The first-order valence-corrected chi connectivity index (χ1v) is 7.12. The highest BCUT2D eigenvalue weighted by Gasteiger charge is 2.40. The van der Waals surface area contributed by atoms with Crippen LogP contribution in [0.25, 0.3) is 0 Å². The third-order valence-corrected chi connectivity index (χ3v) is 4.00. The molecule has 1 fully saturated rings. The maximum Gasteiger partial charge on any atom is 0.0614 e. The van der Waals surface area contributed by atoms with Crippen molar-refractivity contribution in [2.24, 2.45) is 0 Å². The van der Waals surface area contributed by atoms with Crippen LogP contribution in [0.2, 0.25) is 0 Å². The minimum Gasteiger partial charge on any atom is -0.394 e. The molecule has 4 heteroatoms. The number of likely N-dealkylation sites (N-methyl/N-ethyl adjacent to an activating group) is 2. The fourth-order valence-electron chi connectivity index (χ4n) is 2.95. The van der Waals surface area contributed by atoms with Crippen molar-refractivity contribution in [1.29, 1.82) is 0 Å². The predicted octanol–water partition coefficient (Wildman–Crippen LogP) is 0.761. The third-order valence-electron chi connectivity index (χ3n) is 4.00. The first-order chi connectivity index (χ1) is 8.38. The van der Waals surface area contributed by atoms with Gasteiger partial charge in [0.1, 0.15) is 0 Å². The molecular weight excluding hydrogens is 226 g/mol. The Balaban J connectivity index is 2.47. The smallest absolute Gasteiger partial charge is 0.0614 e. The first-order valence-electron chi connectivity index (χ1n) is 7.12. The molecule has 0 aromatic carbocycles. The van der Waals surface area contributed by atoms with Crippen molar-refractivity contribution in [3.63, 3.8) is 0 Å². The number of nitrogens with zero attached hydrogens (tertiary/aromatic N) is 2. The molecule has 0 amide bonds. The topological polar surface area (TPSA) is 38.7 Å². The molecule has 2 atom stereocenters. The molecule has 2 N–H and O–H groups in total. The number of hydrogen-bond acceptors (Lipinski definition) is 4. The van der Waals surface area contributed by atoms with E-state index in [9.17, 15) is 5.11 Å². The summed E-state index contributed by atoms with van der Waals surface area (Å²) in [5, 5.41) is 13.3. The molecule has 0 aliphatic heterocycles. The molecule has 1 aliphatic rings. The van der Waals surface area contributed by atoms with Gasteiger partial charge < -0.3 is 20.2 Å². The zero-order valence-electron chi connectivity index (χ0n) is 12.7. The monoisotopic (exact) mass is 257 g/mol. The lowest BCUT2D eigenvalue weighted by Gasteiger charge is -2.32. The molecular formula is C14H31N3O. The first kappa shape index (κ1) is 15.9. The number of nitrogens with one attached hydrogen (secondary N) is 1. The van der Waals surface area contributed by atoms with Crippen molar-refractivity contribution >= 4 is 0 Å². The largest absolute Gasteiger partial charge is 0.394 e. The van der Waals surface area contributed by atoms with Gasteiger partial charge in [0.15, 0.2) is 0 Å². The highest BCUT2D eigenvalue weighted by Crippen LogP contribution is 2.32. The van der Waals surface area contributed by atoms with Gasteiger partial charge in [0.2, 0.25) is 0 Å². The molecule has 0 radical (unpaired) electrons. The molecule has 0 bridgehead atoms. The molecule has 2 unspecified atom stereocenters. The minimum absolute atomic E-state index is 0.0504. The Labute approximate surface area is 112 Å². The molecule has 0 aromatic rings. The van der Waals surface area contributed by atoms with Crippen LogP contribution >= 0.6 is 0 Å². The Morgan fingerprint density at radius 3 is 2.44 bits per heavy atom. The van der Waals surface area contributed by atoms with Crippen LogP contribution in [0.4, 0.5) is 0 Å². The van der Waals surface area contributed by atoms with Crippen molar-refractivity contribution in [2.75, 3.05) is 40.8 Å². The minimum atomic E-state index is -0.0504. The van der Waals surface area contributed by atoms with E-state index >= 15 is 0 Å². The highest BCUT2D eigenvalue weighted by atomic mass is 16.3. The Hall–Kier alpha value is -0.160. The van der Waals surface area contributed by atoms with Crippen molar-refractivity contribution in [2.45, 2.75) is 50.7 Å². The predicted molar refractivity (Wildman–Crippen MR) is 76.9 cm³/mol. The fraction of sp³-hybridized carbons (Fsp3) is 1.00. The van der Waals surface area contributed by atoms with E-state index in [-0.39, 0.29) is 12.1 Å². The van der Waals surface area contributed by atoms with Gasteiger partial charge >= 0.3 is 0 Å². The molecule has 0 aromatic heterocycles. The molecule has 0 heterocycles.